The van der Waals surface area contributed by atoms with Gasteiger partial charge in [-0.2, -0.15) is 0 Å². The summed E-state index contributed by atoms with van der Waals surface area (Å²) in [6.07, 6.45) is 5.29. The molecule has 0 aromatic carbocycles. The van der Waals surface area contributed by atoms with Gasteiger partial charge in [-0.1, -0.05) is 6.07 Å². The average Bonchev–Trinajstić information content (AvgIpc) is 2.68. The number of hydrogen-bond acceptors (Lipinski definition) is 3. The number of aryl methyl sites for hydroxylation is 1. The molecular formula is C12H18N2O. The van der Waals surface area contributed by atoms with Crippen molar-refractivity contribution < 1.29 is 4.74 Å². The minimum Gasteiger partial charge on any atom is -0.385 e. The van der Waals surface area contributed by atoms with E-state index in [2.05, 4.69) is 16.4 Å². The van der Waals surface area contributed by atoms with Crippen LogP contribution in [0, 0.1) is 0 Å². The van der Waals surface area contributed by atoms with Gasteiger partial charge in [-0.3, -0.25) is 4.98 Å². The summed E-state index contributed by atoms with van der Waals surface area (Å²) < 4.78 is 5.02. The molecule has 3 nitrogen and oxygen atoms in total. The molecule has 0 saturated carbocycles. The summed E-state index contributed by atoms with van der Waals surface area (Å²) in [5.74, 6) is 0. The van der Waals surface area contributed by atoms with Gasteiger partial charge in [0.25, 0.3) is 0 Å². The summed E-state index contributed by atoms with van der Waals surface area (Å²) in [5, 5.41) is 3.53. The van der Waals surface area contributed by atoms with Crippen molar-refractivity contribution in [2.45, 2.75) is 25.3 Å². The number of pyridine rings is 1. The van der Waals surface area contributed by atoms with Crippen molar-refractivity contribution in [3.05, 3.63) is 29.6 Å². The maximum absolute atomic E-state index is 5.02. The summed E-state index contributed by atoms with van der Waals surface area (Å²) in [4.78, 5) is 4.45. The van der Waals surface area contributed by atoms with Crippen LogP contribution in [0.15, 0.2) is 18.3 Å². The third-order valence-corrected chi connectivity index (χ3v) is 2.87. The first-order valence-electron chi connectivity index (χ1n) is 5.58. The van der Waals surface area contributed by atoms with E-state index in [0.29, 0.717) is 6.04 Å². The van der Waals surface area contributed by atoms with Crippen molar-refractivity contribution in [3.8, 4) is 0 Å². The highest BCUT2D eigenvalue weighted by molar-refractivity contribution is 5.27. The van der Waals surface area contributed by atoms with Gasteiger partial charge in [-0.15, -0.1) is 0 Å². The molecule has 1 aliphatic carbocycles. The molecular weight excluding hydrogens is 188 g/mol. The zero-order valence-electron chi connectivity index (χ0n) is 9.20. The molecule has 0 amide bonds. The lowest BCUT2D eigenvalue weighted by Crippen LogP contribution is -2.22. The number of ether oxygens (including phenoxy) is 1. The summed E-state index contributed by atoms with van der Waals surface area (Å²) in [5.41, 5.74) is 2.65. The molecule has 1 aliphatic rings. The lowest BCUT2D eigenvalue weighted by atomic mass is 10.2. The van der Waals surface area contributed by atoms with Crippen molar-refractivity contribution in [1.82, 2.24) is 10.3 Å². The number of methoxy groups -OCH3 is 1. The third-order valence-electron chi connectivity index (χ3n) is 2.87. The molecule has 0 aliphatic heterocycles. The zero-order chi connectivity index (χ0) is 10.5. The quantitative estimate of drug-likeness (QED) is 0.744. The molecule has 1 heterocycles. The predicted octanol–water partition coefficient (Wildman–Crippen LogP) is 1.70. The standard InChI is InChI=1S/C12H18N2O/c1-15-9-3-8-13-11-6-5-10-4-2-7-14-12(10)11/h2,4,7,11,13H,3,5-6,8-9H2,1H3. The fraction of sp³-hybridized carbons (Fsp3) is 0.583. The third kappa shape index (κ3) is 2.55. The number of hydrogen-bond donors (Lipinski definition) is 1. The van der Waals surface area contributed by atoms with Gasteiger partial charge in [0, 0.05) is 19.9 Å². The van der Waals surface area contributed by atoms with E-state index in [0.717, 1.165) is 26.0 Å². The summed E-state index contributed by atoms with van der Waals surface area (Å²) >= 11 is 0. The smallest absolute Gasteiger partial charge is 0.0605 e. The first-order valence-corrected chi connectivity index (χ1v) is 5.58. The van der Waals surface area contributed by atoms with E-state index in [1.165, 1.54) is 17.7 Å². The normalized spacial score (nSPS) is 19.1. The van der Waals surface area contributed by atoms with Gasteiger partial charge in [-0.25, -0.2) is 0 Å². The second-order valence-corrected chi connectivity index (χ2v) is 3.94. The summed E-state index contributed by atoms with van der Waals surface area (Å²) in [6, 6.07) is 4.66. The first-order chi connectivity index (χ1) is 7.42. The van der Waals surface area contributed by atoms with E-state index in [-0.39, 0.29) is 0 Å². The lowest BCUT2D eigenvalue weighted by molar-refractivity contribution is 0.193. The minimum absolute atomic E-state index is 0.457. The SMILES string of the molecule is COCCCNC1CCc2cccnc21. The molecule has 1 aromatic rings. The summed E-state index contributed by atoms with van der Waals surface area (Å²) in [7, 11) is 1.74. The Labute approximate surface area is 90.9 Å². The monoisotopic (exact) mass is 206 g/mol. The van der Waals surface area contributed by atoms with Crippen LogP contribution < -0.4 is 5.32 Å². The van der Waals surface area contributed by atoms with Crippen molar-refractivity contribution in [3.63, 3.8) is 0 Å². The molecule has 82 valence electrons. The first kappa shape index (κ1) is 10.6. The molecule has 3 heteroatoms. The van der Waals surface area contributed by atoms with Crippen LogP contribution in [0.25, 0.3) is 0 Å². The maximum Gasteiger partial charge on any atom is 0.0605 e. The number of rotatable bonds is 5. The van der Waals surface area contributed by atoms with Crippen molar-refractivity contribution >= 4 is 0 Å². The van der Waals surface area contributed by atoms with Crippen LogP contribution in [0.4, 0.5) is 0 Å². The van der Waals surface area contributed by atoms with Crippen LogP contribution in [-0.4, -0.2) is 25.2 Å². The second kappa shape index (κ2) is 5.24. The van der Waals surface area contributed by atoms with Crippen LogP contribution in [0.1, 0.15) is 30.1 Å². The molecule has 0 fully saturated rings. The van der Waals surface area contributed by atoms with E-state index in [1.807, 2.05) is 12.3 Å². The molecule has 1 atom stereocenters. The Morgan fingerprint density at radius 2 is 2.53 bits per heavy atom. The Morgan fingerprint density at radius 1 is 1.60 bits per heavy atom. The molecule has 0 bridgehead atoms. The highest BCUT2D eigenvalue weighted by atomic mass is 16.5. The number of aromatic nitrogens is 1. The van der Waals surface area contributed by atoms with E-state index in [9.17, 15) is 0 Å². The molecule has 2 rings (SSSR count). The fourth-order valence-electron chi connectivity index (χ4n) is 2.10. The Hall–Kier alpha value is -0.930. The van der Waals surface area contributed by atoms with Crippen molar-refractivity contribution in [1.29, 1.82) is 0 Å². The Kier molecular flexibility index (Phi) is 3.69. The molecule has 15 heavy (non-hydrogen) atoms. The predicted molar refractivity (Wildman–Crippen MR) is 59.8 cm³/mol. The van der Waals surface area contributed by atoms with Crippen LogP contribution in [0.2, 0.25) is 0 Å². The molecule has 0 radical (unpaired) electrons. The van der Waals surface area contributed by atoms with E-state index < -0.39 is 0 Å². The maximum atomic E-state index is 5.02. The Balaban J connectivity index is 1.85. The summed E-state index contributed by atoms with van der Waals surface area (Å²) in [6.45, 7) is 1.84. The van der Waals surface area contributed by atoms with Gasteiger partial charge >= 0.3 is 0 Å². The van der Waals surface area contributed by atoms with E-state index >= 15 is 0 Å². The van der Waals surface area contributed by atoms with E-state index in [1.54, 1.807) is 7.11 Å². The molecule has 1 N–H and O–H groups in total. The van der Waals surface area contributed by atoms with Crippen LogP contribution in [0.3, 0.4) is 0 Å². The topological polar surface area (TPSA) is 34.1 Å². The van der Waals surface area contributed by atoms with Gasteiger partial charge in [0.1, 0.15) is 0 Å². The van der Waals surface area contributed by atoms with Crippen LogP contribution >= 0.6 is 0 Å². The minimum atomic E-state index is 0.457. The highest BCUT2D eigenvalue weighted by Crippen LogP contribution is 2.28. The van der Waals surface area contributed by atoms with Crippen molar-refractivity contribution in [2.24, 2.45) is 0 Å². The van der Waals surface area contributed by atoms with Gasteiger partial charge in [0.05, 0.1) is 11.7 Å². The van der Waals surface area contributed by atoms with E-state index in [4.69, 9.17) is 4.74 Å². The number of fused-ring (bicyclic) bond motifs is 1. The largest absolute Gasteiger partial charge is 0.385 e. The fourth-order valence-corrected chi connectivity index (χ4v) is 2.10. The van der Waals surface area contributed by atoms with Crippen LogP contribution in [0.5, 0.6) is 0 Å². The van der Waals surface area contributed by atoms with Gasteiger partial charge in [0.2, 0.25) is 0 Å². The van der Waals surface area contributed by atoms with Crippen LogP contribution in [-0.2, 0) is 11.2 Å². The second-order valence-electron chi connectivity index (χ2n) is 3.94. The van der Waals surface area contributed by atoms with Crippen molar-refractivity contribution in [2.75, 3.05) is 20.3 Å². The number of nitrogens with zero attached hydrogens (tertiary/aromatic N) is 1. The zero-order valence-corrected chi connectivity index (χ0v) is 9.20. The van der Waals surface area contributed by atoms with Gasteiger partial charge < -0.3 is 10.1 Å². The average molecular weight is 206 g/mol. The van der Waals surface area contributed by atoms with Gasteiger partial charge in [0.15, 0.2) is 0 Å². The Morgan fingerprint density at radius 3 is 3.40 bits per heavy atom. The molecule has 0 saturated heterocycles. The molecule has 1 unspecified atom stereocenters. The Bertz CT molecular complexity index is 314. The molecule has 0 spiro atoms. The number of nitrogens with one attached hydrogen (secondary N) is 1. The van der Waals surface area contributed by atoms with Gasteiger partial charge in [-0.05, 0) is 37.4 Å². The lowest BCUT2D eigenvalue weighted by Gasteiger charge is -2.12. The molecule has 1 aromatic heterocycles. The highest BCUT2D eigenvalue weighted by Gasteiger charge is 2.22.